The molecule has 0 aliphatic carbocycles. The maximum Gasteiger partial charge on any atom is 0.129 e. The van der Waals surface area contributed by atoms with Gasteiger partial charge in [-0.3, -0.25) is 0 Å². The lowest BCUT2D eigenvalue weighted by Crippen LogP contribution is -2.22. The fourth-order valence-electron chi connectivity index (χ4n) is 3.64. The van der Waals surface area contributed by atoms with Crippen LogP contribution in [-0.4, -0.2) is 11.3 Å². The van der Waals surface area contributed by atoms with Gasteiger partial charge in [0.25, 0.3) is 0 Å². The highest BCUT2D eigenvalue weighted by molar-refractivity contribution is 8.22. The van der Waals surface area contributed by atoms with E-state index in [0.29, 0.717) is 0 Å². The first-order chi connectivity index (χ1) is 15.8. The summed E-state index contributed by atoms with van der Waals surface area (Å²) < 4.78 is 0. The van der Waals surface area contributed by atoms with Gasteiger partial charge in [-0.2, -0.15) is 5.10 Å². The lowest BCUT2D eigenvalue weighted by Gasteiger charge is -2.31. The first-order valence-electron chi connectivity index (χ1n) is 10.4. The molecule has 1 aliphatic rings. The third kappa shape index (κ3) is 4.24. The number of nitrogens with zero attached hydrogens (tertiary/aromatic N) is 2. The number of thioether (sulfide) groups is 2. The van der Waals surface area contributed by atoms with E-state index >= 15 is 0 Å². The van der Waals surface area contributed by atoms with Crippen molar-refractivity contribution in [2.75, 3.05) is 11.3 Å². The number of benzene rings is 4. The average molecular weight is 451 g/mol. The molecule has 4 aromatic rings. The maximum absolute atomic E-state index is 5.15. The monoisotopic (exact) mass is 450 g/mol. The molecule has 0 unspecified atom stereocenters. The van der Waals surface area contributed by atoms with Gasteiger partial charge in [0, 0.05) is 20.9 Å². The summed E-state index contributed by atoms with van der Waals surface area (Å²) in [4.78, 5) is 2.44. The molecule has 5 rings (SSSR count). The second-order valence-corrected chi connectivity index (χ2v) is 9.17. The van der Waals surface area contributed by atoms with Crippen molar-refractivity contribution in [1.29, 1.82) is 0 Å². The molecule has 32 heavy (non-hydrogen) atoms. The predicted octanol–water partition coefficient (Wildman–Crippen LogP) is 7.85. The number of hydrogen-bond acceptors (Lipinski definition) is 4. The number of para-hydroxylation sites is 1. The highest BCUT2D eigenvalue weighted by Gasteiger charge is 2.27. The summed E-state index contributed by atoms with van der Waals surface area (Å²) in [5, 5.41) is 8.22. The van der Waals surface area contributed by atoms with Crippen LogP contribution in [0, 0.1) is 0 Å². The highest BCUT2D eigenvalue weighted by atomic mass is 32.2. The van der Waals surface area contributed by atoms with E-state index in [1.54, 1.807) is 23.5 Å². The van der Waals surface area contributed by atoms with E-state index in [2.05, 4.69) is 114 Å². The molecule has 0 aromatic heterocycles. The molecule has 2 nitrogen and oxygen atoms in total. The quantitative estimate of drug-likeness (QED) is 0.288. The number of rotatable bonds is 5. The van der Waals surface area contributed by atoms with Gasteiger partial charge in [0.1, 0.15) is 5.04 Å². The summed E-state index contributed by atoms with van der Waals surface area (Å²) in [6.45, 7) is 0. The third-order valence-electron chi connectivity index (χ3n) is 5.24. The van der Waals surface area contributed by atoms with Crippen molar-refractivity contribution in [3.8, 4) is 0 Å². The van der Waals surface area contributed by atoms with Gasteiger partial charge in [-0.05, 0) is 36.1 Å². The van der Waals surface area contributed by atoms with Crippen LogP contribution in [-0.2, 0) is 0 Å². The molecule has 1 heterocycles. The lowest BCUT2D eigenvalue weighted by molar-refractivity contribution is 1.10. The molecule has 0 saturated carbocycles. The van der Waals surface area contributed by atoms with Crippen LogP contribution in [0.1, 0.15) is 16.7 Å². The predicted molar refractivity (Wildman–Crippen MR) is 141 cm³/mol. The Morgan fingerprint density at radius 3 is 1.78 bits per heavy atom. The largest absolute Gasteiger partial charge is 0.231 e. The van der Waals surface area contributed by atoms with Gasteiger partial charge < -0.3 is 0 Å². The standard InChI is InChI=1S/C28H22N2S2/c1-31-25-19-17-21(18-20-25)26-27(22-11-5-2-6-12-22)32-28(23-13-7-3-8-14-23)29-30(26)24-15-9-4-10-16-24/h2-20H,1H3. The number of anilines is 1. The summed E-state index contributed by atoms with van der Waals surface area (Å²) >= 11 is 3.49. The van der Waals surface area contributed by atoms with Crippen LogP contribution in [0.4, 0.5) is 5.69 Å². The zero-order chi connectivity index (χ0) is 21.8. The summed E-state index contributed by atoms with van der Waals surface area (Å²) in [5.41, 5.74) is 5.58. The Morgan fingerprint density at radius 2 is 1.19 bits per heavy atom. The van der Waals surface area contributed by atoms with Gasteiger partial charge in [0.2, 0.25) is 0 Å². The Kier molecular flexibility index (Phi) is 6.15. The summed E-state index contributed by atoms with van der Waals surface area (Å²) in [7, 11) is 0. The lowest BCUT2D eigenvalue weighted by atomic mass is 10.1. The van der Waals surface area contributed by atoms with Crippen LogP contribution in [0.3, 0.4) is 0 Å². The summed E-state index contributed by atoms with van der Waals surface area (Å²) in [5.74, 6) is 0. The summed E-state index contributed by atoms with van der Waals surface area (Å²) in [6.07, 6.45) is 2.10. The normalized spacial score (nSPS) is 13.8. The van der Waals surface area contributed by atoms with Crippen LogP contribution in [0.25, 0.3) is 10.6 Å². The molecule has 0 atom stereocenters. The Bertz CT molecular complexity index is 1250. The molecule has 4 heteroatoms. The molecule has 0 radical (unpaired) electrons. The minimum absolute atomic E-state index is 0.984. The number of hydrazone groups is 1. The fraction of sp³-hybridized carbons (Fsp3) is 0.0357. The van der Waals surface area contributed by atoms with E-state index in [1.807, 2.05) is 12.1 Å². The van der Waals surface area contributed by atoms with E-state index in [-0.39, 0.29) is 0 Å². The average Bonchev–Trinajstić information content (AvgIpc) is 2.89. The van der Waals surface area contributed by atoms with Gasteiger partial charge in [0.15, 0.2) is 0 Å². The Morgan fingerprint density at radius 1 is 0.625 bits per heavy atom. The Labute approximate surface area is 197 Å². The van der Waals surface area contributed by atoms with Gasteiger partial charge in [-0.1, -0.05) is 103 Å². The topological polar surface area (TPSA) is 15.6 Å². The van der Waals surface area contributed by atoms with Gasteiger partial charge in [-0.25, -0.2) is 5.01 Å². The minimum Gasteiger partial charge on any atom is -0.231 e. The summed E-state index contributed by atoms with van der Waals surface area (Å²) in [6, 6.07) is 40.2. The number of hydrogen-bond donors (Lipinski definition) is 0. The Hall–Kier alpha value is -3.21. The molecule has 1 aliphatic heterocycles. The molecular formula is C28H22N2S2. The van der Waals surface area contributed by atoms with Gasteiger partial charge in [-0.15, -0.1) is 11.8 Å². The van der Waals surface area contributed by atoms with Crippen molar-refractivity contribution < 1.29 is 0 Å². The molecule has 4 aromatic carbocycles. The van der Waals surface area contributed by atoms with E-state index in [1.165, 1.54) is 15.4 Å². The van der Waals surface area contributed by atoms with Crippen molar-refractivity contribution in [3.63, 3.8) is 0 Å². The van der Waals surface area contributed by atoms with Gasteiger partial charge >= 0.3 is 0 Å². The molecule has 0 saturated heterocycles. The third-order valence-corrected chi connectivity index (χ3v) is 7.12. The first kappa shape index (κ1) is 20.7. The maximum atomic E-state index is 5.15. The van der Waals surface area contributed by atoms with Crippen molar-refractivity contribution in [1.82, 2.24) is 0 Å². The van der Waals surface area contributed by atoms with Crippen LogP contribution in [0.5, 0.6) is 0 Å². The van der Waals surface area contributed by atoms with Gasteiger partial charge in [0.05, 0.1) is 11.4 Å². The van der Waals surface area contributed by atoms with Crippen molar-refractivity contribution in [3.05, 3.63) is 132 Å². The molecule has 0 N–H and O–H groups in total. The molecule has 0 fully saturated rings. The van der Waals surface area contributed by atoms with Crippen LogP contribution < -0.4 is 5.01 Å². The van der Waals surface area contributed by atoms with Crippen molar-refractivity contribution in [2.24, 2.45) is 5.10 Å². The van der Waals surface area contributed by atoms with E-state index in [0.717, 1.165) is 27.6 Å². The molecular weight excluding hydrogens is 428 g/mol. The minimum atomic E-state index is 0.984. The van der Waals surface area contributed by atoms with Crippen LogP contribution >= 0.6 is 23.5 Å². The smallest absolute Gasteiger partial charge is 0.129 e. The Balaban J connectivity index is 1.74. The van der Waals surface area contributed by atoms with Crippen LogP contribution in [0.2, 0.25) is 0 Å². The zero-order valence-electron chi connectivity index (χ0n) is 17.7. The molecule has 0 amide bonds. The fourth-order valence-corrected chi connectivity index (χ4v) is 5.18. The second kappa shape index (κ2) is 9.51. The molecule has 156 valence electrons. The van der Waals surface area contributed by atoms with Crippen molar-refractivity contribution >= 4 is 44.9 Å². The van der Waals surface area contributed by atoms with E-state index in [4.69, 9.17) is 5.10 Å². The van der Waals surface area contributed by atoms with Crippen molar-refractivity contribution in [2.45, 2.75) is 4.90 Å². The first-order valence-corrected chi connectivity index (χ1v) is 12.5. The SMILES string of the molecule is CSc1ccc(C2=C(c3ccccc3)SC(c3ccccc3)=NN2c2ccccc2)cc1. The zero-order valence-corrected chi connectivity index (χ0v) is 19.3. The highest BCUT2D eigenvalue weighted by Crippen LogP contribution is 2.45. The van der Waals surface area contributed by atoms with E-state index in [9.17, 15) is 0 Å². The second-order valence-electron chi connectivity index (χ2n) is 7.29. The van der Waals surface area contributed by atoms with Crippen LogP contribution in [0.15, 0.2) is 125 Å². The molecule has 0 bridgehead atoms. The van der Waals surface area contributed by atoms with E-state index < -0.39 is 0 Å². The molecule has 0 spiro atoms.